The van der Waals surface area contributed by atoms with Crippen LogP contribution in [-0.2, 0) is 4.79 Å². The van der Waals surface area contributed by atoms with Crippen LogP contribution in [0.2, 0.25) is 0 Å². The van der Waals surface area contributed by atoms with E-state index in [1.165, 1.54) is 5.56 Å². The first-order chi connectivity index (χ1) is 6.33. The van der Waals surface area contributed by atoms with Crippen LogP contribution in [0, 0.1) is 6.92 Å². The van der Waals surface area contributed by atoms with Crippen molar-refractivity contribution in [2.24, 2.45) is 0 Å². The molecule has 1 rings (SSSR count). The first kappa shape index (κ1) is 9.58. The topological polar surface area (TPSA) is 38.3 Å². The fourth-order valence-electron chi connectivity index (χ4n) is 0.921. The summed E-state index contributed by atoms with van der Waals surface area (Å²) in [6, 6.07) is 7.80. The molecule has 3 heteroatoms. The summed E-state index contributed by atoms with van der Waals surface area (Å²) in [5.41, 5.74) is 1.21. The fourth-order valence-corrected chi connectivity index (χ4v) is 0.921. The smallest absolute Gasteiger partial charge is 0.207 e. The first-order valence-electron chi connectivity index (χ1n) is 4.19. The minimum atomic E-state index is 0.502. The number of rotatable bonds is 5. The molecule has 0 aliphatic rings. The van der Waals surface area contributed by atoms with Gasteiger partial charge in [-0.3, -0.25) is 4.79 Å². The Kier molecular flexibility index (Phi) is 3.82. The molecule has 1 N–H and O–H groups in total. The van der Waals surface area contributed by atoms with Gasteiger partial charge in [-0.2, -0.15) is 0 Å². The van der Waals surface area contributed by atoms with E-state index in [-0.39, 0.29) is 0 Å². The molecule has 0 spiro atoms. The summed E-state index contributed by atoms with van der Waals surface area (Å²) in [5.74, 6) is 0.832. The van der Waals surface area contributed by atoms with Crippen molar-refractivity contribution in [2.45, 2.75) is 6.92 Å². The molecule has 0 aromatic heterocycles. The molecule has 1 aromatic rings. The van der Waals surface area contributed by atoms with E-state index in [1.54, 1.807) is 0 Å². The van der Waals surface area contributed by atoms with E-state index in [0.717, 1.165) is 5.75 Å². The average molecular weight is 179 g/mol. The Morgan fingerprint density at radius 3 is 2.69 bits per heavy atom. The molecule has 3 nitrogen and oxygen atoms in total. The number of carbonyl (C=O) groups excluding carboxylic acids is 1. The molecular formula is C10H13NO2. The second-order valence-electron chi connectivity index (χ2n) is 2.73. The van der Waals surface area contributed by atoms with Gasteiger partial charge in [0.25, 0.3) is 0 Å². The van der Waals surface area contributed by atoms with Crippen molar-refractivity contribution in [2.75, 3.05) is 13.2 Å². The first-order valence-corrected chi connectivity index (χ1v) is 4.19. The van der Waals surface area contributed by atoms with E-state index in [0.29, 0.717) is 19.6 Å². The normalized spacial score (nSPS) is 9.31. The van der Waals surface area contributed by atoms with E-state index < -0.39 is 0 Å². The Morgan fingerprint density at radius 2 is 2.08 bits per heavy atom. The maximum Gasteiger partial charge on any atom is 0.207 e. The highest BCUT2D eigenvalue weighted by atomic mass is 16.5. The van der Waals surface area contributed by atoms with Gasteiger partial charge in [-0.1, -0.05) is 17.7 Å². The molecule has 0 heterocycles. The van der Waals surface area contributed by atoms with Crippen molar-refractivity contribution in [3.05, 3.63) is 29.8 Å². The second kappa shape index (κ2) is 5.19. The van der Waals surface area contributed by atoms with E-state index in [4.69, 9.17) is 4.74 Å². The Balaban J connectivity index is 2.28. The lowest BCUT2D eigenvalue weighted by Gasteiger charge is -2.05. The zero-order chi connectivity index (χ0) is 9.52. The number of hydrogen-bond acceptors (Lipinski definition) is 2. The number of amides is 1. The van der Waals surface area contributed by atoms with E-state index in [2.05, 4.69) is 5.32 Å². The van der Waals surface area contributed by atoms with Crippen molar-refractivity contribution in [1.29, 1.82) is 0 Å². The third-order valence-corrected chi connectivity index (χ3v) is 1.62. The van der Waals surface area contributed by atoms with Crippen LogP contribution >= 0.6 is 0 Å². The number of nitrogens with one attached hydrogen (secondary N) is 1. The summed E-state index contributed by atoms with van der Waals surface area (Å²) in [6.07, 6.45) is 0.665. The van der Waals surface area contributed by atoms with E-state index >= 15 is 0 Å². The summed E-state index contributed by atoms with van der Waals surface area (Å²) < 4.78 is 5.34. The van der Waals surface area contributed by atoms with Gasteiger partial charge in [0.05, 0.1) is 6.54 Å². The number of ether oxygens (including phenoxy) is 1. The summed E-state index contributed by atoms with van der Waals surface area (Å²) in [5, 5.41) is 2.52. The molecule has 70 valence electrons. The Morgan fingerprint density at radius 1 is 1.38 bits per heavy atom. The fraction of sp³-hybridized carbons (Fsp3) is 0.300. The van der Waals surface area contributed by atoms with Crippen LogP contribution in [0.3, 0.4) is 0 Å². The van der Waals surface area contributed by atoms with Gasteiger partial charge < -0.3 is 10.1 Å². The number of hydrogen-bond donors (Lipinski definition) is 1. The zero-order valence-corrected chi connectivity index (χ0v) is 7.62. The van der Waals surface area contributed by atoms with Crippen molar-refractivity contribution >= 4 is 6.41 Å². The predicted molar refractivity (Wildman–Crippen MR) is 50.7 cm³/mol. The summed E-state index contributed by atoms with van der Waals surface area (Å²) in [6.45, 7) is 3.07. The van der Waals surface area contributed by atoms with Crippen molar-refractivity contribution in [1.82, 2.24) is 5.32 Å². The molecule has 0 fully saturated rings. The maximum absolute atomic E-state index is 9.89. The quantitative estimate of drug-likeness (QED) is 0.543. The van der Waals surface area contributed by atoms with Crippen LogP contribution in [0.15, 0.2) is 24.3 Å². The van der Waals surface area contributed by atoms with Gasteiger partial charge in [-0.25, -0.2) is 0 Å². The van der Waals surface area contributed by atoms with Crippen LogP contribution in [0.4, 0.5) is 0 Å². The lowest BCUT2D eigenvalue weighted by Crippen LogP contribution is -2.18. The molecule has 0 aliphatic heterocycles. The average Bonchev–Trinajstić information content (AvgIpc) is 2.15. The van der Waals surface area contributed by atoms with Gasteiger partial charge in [0.15, 0.2) is 0 Å². The molecule has 0 bridgehead atoms. The third kappa shape index (κ3) is 3.60. The molecule has 0 aliphatic carbocycles. The number of benzene rings is 1. The molecule has 0 saturated heterocycles. The van der Waals surface area contributed by atoms with Crippen LogP contribution in [0.25, 0.3) is 0 Å². The Labute approximate surface area is 77.7 Å². The van der Waals surface area contributed by atoms with E-state index in [9.17, 15) is 4.79 Å². The highest BCUT2D eigenvalue weighted by molar-refractivity contribution is 5.45. The monoisotopic (exact) mass is 179 g/mol. The summed E-state index contributed by atoms with van der Waals surface area (Å²) >= 11 is 0. The van der Waals surface area contributed by atoms with Crippen LogP contribution in [0.5, 0.6) is 5.75 Å². The highest BCUT2D eigenvalue weighted by Crippen LogP contribution is 2.10. The van der Waals surface area contributed by atoms with Gasteiger partial charge >= 0.3 is 0 Å². The highest BCUT2D eigenvalue weighted by Gasteiger charge is 1.91. The van der Waals surface area contributed by atoms with Gasteiger partial charge in [0.2, 0.25) is 6.41 Å². The van der Waals surface area contributed by atoms with Gasteiger partial charge in [0, 0.05) is 0 Å². The second-order valence-corrected chi connectivity index (χ2v) is 2.73. The molecule has 0 atom stereocenters. The Bertz CT molecular complexity index is 256. The predicted octanol–water partition coefficient (Wildman–Crippen LogP) is 1.12. The summed E-state index contributed by atoms with van der Waals surface area (Å²) in [4.78, 5) is 9.89. The van der Waals surface area contributed by atoms with E-state index in [1.807, 2.05) is 31.2 Å². The third-order valence-electron chi connectivity index (χ3n) is 1.62. The van der Waals surface area contributed by atoms with Crippen LogP contribution in [0.1, 0.15) is 5.56 Å². The number of carbonyl (C=O) groups is 1. The van der Waals surface area contributed by atoms with Crippen molar-refractivity contribution in [3.63, 3.8) is 0 Å². The zero-order valence-electron chi connectivity index (χ0n) is 7.62. The van der Waals surface area contributed by atoms with Crippen LogP contribution in [-0.4, -0.2) is 19.6 Å². The minimum absolute atomic E-state index is 0.502. The molecule has 0 radical (unpaired) electrons. The maximum atomic E-state index is 9.89. The van der Waals surface area contributed by atoms with Gasteiger partial charge in [0.1, 0.15) is 12.4 Å². The standard InChI is InChI=1S/C10H13NO2/c1-9-2-4-10(5-3-9)13-7-6-11-8-12/h2-5,8H,6-7H2,1H3,(H,11,12). The molecule has 1 aromatic carbocycles. The molecule has 0 saturated carbocycles. The van der Waals surface area contributed by atoms with Crippen molar-refractivity contribution in [3.8, 4) is 5.75 Å². The SMILES string of the molecule is Cc1ccc(OCCNC=O)cc1. The minimum Gasteiger partial charge on any atom is -0.492 e. The summed E-state index contributed by atoms with van der Waals surface area (Å²) in [7, 11) is 0. The van der Waals surface area contributed by atoms with Gasteiger partial charge in [-0.05, 0) is 19.1 Å². The molecule has 0 unspecified atom stereocenters. The molecule has 13 heavy (non-hydrogen) atoms. The van der Waals surface area contributed by atoms with Gasteiger partial charge in [-0.15, -0.1) is 0 Å². The molecular weight excluding hydrogens is 166 g/mol. The lowest BCUT2D eigenvalue weighted by molar-refractivity contribution is -0.109. The van der Waals surface area contributed by atoms with Crippen LogP contribution < -0.4 is 10.1 Å². The largest absolute Gasteiger partial charge is 0.492 e. The number of aryl methyl sites for hydroxylation is 1. The lowest BCUT2D eigenvalue weighted by atomic mass is 10.2. The van der Waals surface area contributed by atoms with Crippen molar-refractivity contribution < 1.29 is 9.53 Å². The Hall–Kier alpha value is -1.51. The molecule has 1 amide bonds.